The van der Waals surface area contributed by atoms with Crippen LogP contribution in [0.3, 0.4) is 0 Å². The van der Waals surface area contributed by atoms with Gasteiger partial charge >= 0.3 is 0 Å². The van der Waals surface area contributed by atoms with Gasteiger partial charge in [0.1, 0.15) is 0 Å². The molecule has 0 aliphatic heterocycles. The number of benzene rings is 2. The number of methoxy groups -OCH3 is 1. The van der Waals surface area contributed by atoms with Gasteiger partial charge in [0.05, 0.1) is 12.0 Å². The van der Waals surface area contributed by atoms with Crippen molar-refractivity contribution in [1.29, 1.82) is 0 Å². The second-order valence-corrected chi connectivity index (χ2v) is 8.33. The third kappa shape index (κ3) is 3.91. The number of ether oxygens (including phenoxy) is 1. The zero-order valence-electron chi connectivity index (χ0n) is 15.1. The first kappa shape index (κ1) is 18.9. The minimum absolute atomic E-state index is 0.0191. The van der Waals surface area contributed by atoms with Gasteiger partial charge in [-0.15, -0.1) is 0 Å². The highest BCUT2D eigenvalue weighted by Gasteiger charge is 2.22. The lowest BCUT2D eigenvalue weighted by molar-refractivity contribution is 0.385. The molecule has 26 heavy (non-hydrogen) atoms. The Morgan fingerprint density at radius 1 is 1.12 bits per heavy atom. The van der Waals surface area contributed by atoms with E-state index < -0.39 is 15.8 Å². The minimum atomic E-state index is -3.83. The van der Waals surface area contributed by atoms with Crippen LogP contribution < -0.4 is 9.46 Å². The zero-order chi connectivity index (χ0) is 18.7. The molecule has 1 aliphatic rings. The second-order valence-electron chi connectivity index (χ2n) is 6.61. The lowest BCUT2D eigenvalue weighted by Gasteiger charge is -2.21. The fourth-order valence-electron chi connectivity index (χ4n) is 3.43. The molecule has 1 unspecified atom stereocenters. The summed E-state index contributed by atoms with van der Waals surface area (Å²) in [4.78, 5) is -0.104. The average molecular weight is 377 g/mol. The summed E-state index contributed by atoms with van der Waals surface area (Å²) in [6.07, 6.45) is 5.11. The number of fused-ring (bicyclic) bond motifs is 1. The molecule has 0 fully saturated rings. The van der Waals surface area contributed by atoms with Gasteiger partial charge in [0.2, 0.25) is 10.0 Å². The van der Waals surface area contributed by atoms with Gasteiger partial charge < -0.3 is 4.74 Å². The highest BCUT2D eigenvalue weighted by Crippen LogP contribution is 2.28. The van der Waals surface area contributed by atoms with Crippen molar-refractivity contribution in [2.45, 2.75) is 50.0 Å². The van der Waals surface area contributed by atoms with E-state index in [1.807, 2.05) is 13.0 Å². The summed E-state index contributed by atoms with van der Waals surface area (Å²) in [7, 11) is -2.49. The van der Waals surface area contributed by atoms with E-state index in [-0.39, 0.29) is 16.7 Å². The maximum Gasteiger partial charge on any atom is 0.241 e. The van der Waals surface area contributed by atoms with E-state index >= 15 is 0 Å². The molecule has 4 nitrogen and oxygen atoms in total. The van der Waals surface area contributed by atoms with Crippen LogP contribution in [0.2, 0.25) is 0 Å². The van der Waals surface area contributed by atoms with Crippen LogP contribution in [0, 0.1) is 5.82 Å². The molecule has 0 saturated carbocycles. The summed E-state index contributed by atoms with van der Waals surface area (Å²) in [6, 6.07) is 9.52. The number of nitrogens with one attached hydrogen (secondary N) is 1. The number of sulfonamides is 1. The largest absolute Gasteiger partial charge is 0.494 e. The van der Waals surface area contributed by atoms with Crippen molar-refractivity contribution >= 4 is 10.0 Å². The lowest BCUT2D eigenvalue weighted by Crippen LogP contribution is -2.28. The SMILES string of the molecule is CCC(NS(=O)(=O)c1ccc(OC)c(F)c1)c1ccc2c(c1)CCCC2. The van der Waals surface area contributed by atoms with Gasteiger partial charge in [0, 0.05) is 6.04 Å². The van der Waals surface area contributed by atoms with Gasteiger partial charge in [0.25, 0.3) is 0 Å². The minimum Gasteiger partial charge on any atom is -0.494 e. The molecule has 1 atom stereocenters. The molecular weight excluding hydrogens is 353 g/mol. The van der Waals surface area contributed by atoms with Crippen LogP contribution in [0.25, 0.3) is 0 Å². The molecule has 140 valence electrons. The lowest BCUT2D eigenvalue weighted by atomic mass is 9.89. The van der Waals surface area contributed by atoms with Crippen molar-refractivity contribution in [2.24, 2.45) is 0 Å². The van der Waals surface area contributed by atoms with E-state index in [1.165, 1.54) is 43.2 Å². The van der Waals surface area contributed by atoms with Crippen LogP contribution in [0.15, 0.2) is 41.3 Å². The number of halogens is 1. The summed E-state index contributed by atoms with van der Waals surface area (Å²) in [5.41, 5.74) is 3.61. The van der Waals surface area contributed by atoms with Crippen molar-refractivity contribution in [2.75, 3.05) is 7.11 Å². The standard InChI is InChI=1S/C20H24FNO3S/c1-3-19(16-9-8-14-6-4-5-7-15(14)12-16)22-26(23,24)17-10-11-20(25-2)18(21)13-17/h8-13,19,22H,3-7H2,1-2H3. The smallest absolute Gasteiger partial charge is 0.241 e. The van der Waals surface area contributed by atoms with E-state index in [9.17, 15) is 12.8 Å². The molecule has 0 radical (unpaired) electrons. The van der Waals surface area contributed by atoms with Gasteiger partial charge in [-0.25, -0.2) is 17.5 Å². The normalized spacial score (nSPS) is 15.3. The Morgan fingerprint density at radius 3 is 2.50 bits per heavy atom. The Bertz CT molecular complexity index is 896. The van der Waals surface area contributed by atoms with E-state index in [0.717, 1.165) is 24.5 Å². The molecule has 2 aromatic rings. The summed E-state index contributed by atoms with van der Waals surface area (Å²) < 4.78 is 46.8. The van der Waals surface area contributed by atoms with Crippen LogP contribution in [0.1, 0.15) is 48.9 Å². The van der Waals surface area contributed by atoms with Crippen LogP contribution >= 0.6 is 0 Å². The van der Waals surface area contributed by atoms with Crippen molar-refractivity contribution < 1.29 is 17.5 Å². The predicted molar refractivity (Wildman–Crippen MR) is 99.4 cm³/mol. The average Bonchev–Trinajstić information content (AvgIpc) is 2.65. The number of hydrogen-bond acceptors (Lipinski definition) is 3. The maximum absolute atomic E-state index is 13.9. The second kappa shape index (κ2) is 7.76. The summed E-state index contributed by atoms with van der Waals surface area (Å²) in [6.45, 7) is 1.93. The number of hydrogen-bond donors (Lipinski definition) is 1. The molecule has 0 saturated heterocycles. The third-order valence-electron chi connectivity index (χ3n) is 4.91. The molecule has 6 heteroatoms. The van der Waals surface area contributed by atoms with E-state index in [2.05, 4.69) is 16.9 Å². The first-order chi connectivity index (χ1) is 12.4. The Labute approximate surface area is 154 Å². The Kier molecular flexibility index (Phi) is 5.63. The van der Waals surface area contributed by atoms with E-state index in [1.54, 1.807) is 0 Å². The van der Waals surface area contributed by atoms with E-state index in [0.29, 0.717) is 6.42 Å². The fourth-order valence-corrected chi connectivity index (χ4v) is 4.75. The maximum atomic E-state index is 13.9. The first-order valence-electron chi connectivity index (χ1n) is 8.92. The van der Waals surface area contributed by atoms with Gasteiger partial charge in [-0.05, 0) is 67.0 Å². The molecule has 0 amide bonds. The summed E-state index contributed by atoms with van der Waals surface area (Å²) >= 11 is 0. The van der Waals surface area contributed by atoms with Gasteiger partial charge in [0.15, 0.2) is 11.6 Å². The van der Waals surface area contributed by atoms with Crippen LogP contribution in [0.5, 0.6) is 5.75 Å². The monoisotopic (exact) mass is 377 g/mol. The van der Waals surface area contributed by atoms with Crippen molar-refractivity contribution in [3.05, 3.63) is 58.9 Å². The molecule has 0 aromatic heterocycles. The number of aryl methyl sites for hydroxylation is 2. The van der Waals surface area contributed by atoms with Crippen LogP contribution in [-0.4, -0.2) is 15.5 Å². The number of rotatable bonds is 6. The Hall–Kier alpha value is -1.92. The zero-order valence-corrected chi connectivity index (χ0v) is 15.9. The fraction of sp³-hybridized carbons (Fsp3) is 0.400. The van der Waals surface area contributed by atoms with E-state index in [4.69, 9.17) is 4.74 Å². The highest BCUT2D eigenvalue weighted by molar-refractivity contribution is 7.89. The third-order valence-corrected chi connectivity index (χ3v) is 6.38. The molecule has 0 bridgehead atoms. The Balaban J connectivity index is 1.86. The topological polar surface area (TPSA) is 55.4 Å². The molecule has 1 N–H and O–H groups in total. The summed E-state index contributed by atoms with van der Waals surface area (Å²) in [5.74, 6) is -0.678. The van der Waals surface area contributed by atoms with Gasteiger partial charge in [-0.1, -0.05) is 25.1 Å². The molecule has 3 rings (SSSR count). The molecule has 0 spiro atoms. The quantitative estimate of drug-likeness (QED) is 0.823. The van der Waals surface area contributed by atoms with Crippen molar-refractivity contribution in [3.63, 3.8) is 0 Å². The van der Waals surface area contributed by atoms with Crippen LogP contribution in [-0.2, 0) is 22.9 Å². The molecule has 0 heterocycles. The first-order valence-corrected chi connectivity index (χ1v) is 10.4. The summed E-state index contributed by atoms with van der Waals surface area (Å²) in [5, 5.41) is 0. The highest BCUT2D eigenvalue weighted by atomic mass is 32.2. The molecule has 2 aromatic carbocycles. The van der Waals surface area contributed by atoms with Gasteiger partial charge in [-0.3, -0.25) is 0 Å². The predicted octanol–water partition coefficient (Wildman–Crippen LogP) is 4.14. The molecular formula is C20H24FNO3S. The molecule has 1 aliphatic carbocycles. The van der Waals surface area contributed by atoms with Crippen molar-refractivity contribution in [3.8, 4) is 5.75 Å². The van der Waals surface area contributed by atoms with Crippen LogP contribution in [0.4, 0.5) is 4.39 Å². The van der Waals surface area contributed by atoms with Gasteiger partial charge in [-0.2, -0.15) is 0 Å². The van der Waals surface area contributed by atoms with Crippen molar-refractivity contribution in [1.82, 2.24) is 4.72 Å². The Morgan fingerprint density at radius 2 is 1.85 bits per heavy atom.